The lowest BCUT2D eigenvalue weighted by molar-refractivity contribution is 0.0643. The van der Waals surface area contributed by atoms with E-state index in [0.29, 0.717) is 53.3 Å². The maximum absolute atomic E-state index is 14.5. The third kappa shape index (κ3) is 4.66. The molecule has 1 fully saturated rings. The largest absolute Gasteiger partial charge is 0.493 e. The molecule has 0 radical (unpaired) electrons. The summed E-state index contributed by atoms with van der Waals surface area (Å²) in [5.74, 6) is -1.02. The van der Waals surface area contributed by atoms with Gasteiger partial charge in [0.05, 0.1) is 29.5 Å². The molecule has 0 unspecified atom stereocenters. The quantitative estimate of drug-likeness (QED) is 0.236. The molecular formula is C30H28FN5O5. The Morgan fingerprint density at radius 2 is 1.88 bits per heavy atom. The van der Waals surface area contributed by atoms with E-state index in [9.17, 15) is 23.9 Å². The first kappa shape index (κ1) is 26.4. The highest BCUT2D eigenvalue weighted by Gasteiger charge is 2.35. The average molecular weight is 558 g/mol. The number of rotatable bonds is 9. The van der Waals surface area contributed by atoms with Crippen LogP contribution < -0.4 is 9.64 Å². The van der Waals surface area contributed by atoms with Crippen LogP contribution in [0.5, 0.6) is 5.75 Å². The molecule has 0 saturated carbocycles. The molecule has 2 aliphatic heterocycles. The first-order valence-electron chi connectivity index (χ1n) is 13.6. The van der Waals surface area contributed by atoms with Crippen LogP contribution in [0.4, 0.5) is 10.2 Å². The van der Waals surface area contributed by atoms with Crippen molar-refractivity contribution in [2.75, 3.05) is 24.6 Å². The molecule has 1 saturated heterocycles. The third-order valence-corrected chi connectivity index (χ3v) is 7.63. The minimum Gasteiger partial charge on any atom is -0.493 e. The Morgan fingerprint density at radius 3 is 2.59 bits per heavy atom. The molecular weight excluding hydrogens is 529 g/mol. The SMILES string of the molecule is CCc1nn2ccc(N3CCC[C@@H]3c3cc(F)ccc3OCCCN3C(=O)c4ccccc4C3=O)nc2c1C(=O)O. The number of benzene rings is 2. The Labute approximate surface area is 235 Å². The van der Waals surface area contributed by atoms with Gasteiger partial charge in [-0.3, -0.25) is 14.5 Å². The summed E-state index contributed by atoms with van der Waals surface area (Å²) < 4.78 is 22.0. The van der Waals surface area contributed by atoms with Crippen molar-refractivity contribution in [2.24, 2.45) is 0 Å². The lowest BCUT2D eigenvalue weighted by Crippen LogP contribution is -2.31. The second-order valence-electron chi connectivity index (χ2n) is 10.1. The number of aryl methyl sites for hydroxylation is 1. The van der Waals surface area contributed by atoms with Crippen molar-refractivity contribution in [1.82, 2.24) is 19.5 Å². The number of fused-ring (bicyclic) bond motifs is 2. The first-order chi connectivity index (χ1) is 19.9. The number of carbonyl (C=O) groups is 3. The fourth-order valence-electron chi connectivity index (χ4n) is 5.71. The average Bonchev–Trinajstić information content (AvgIpc) is 3.67. The minimum absolute atomic E-state index is 0.0814. The zero-order chi connectivity index (χ0) is 28.7. The van der Waals surface area contributed by atoms with E-state index in [-0.39, 0.29) is 42.2 Å². The number of amides is 2. The van der Waals surface area contributed by atoms with Gasteiger partial charge in [0.25, 0.3) is 11.8 Å². The van der Waals surface area contributed by atoms with Crippen molar-refractivity contribution in [3.63, 3.8) is 0 Å². The van der Waals surface area contributed by atoms with E-state index in [2.05, 4.69) is 10.1 Å². The Balaban J connectivity index is 1.20. The van der Waals surface area contributed by atoms with Crippen molar-refractivity contribution in [3.05, 3.63) is 88.5 Å². The van der Waals surface area contributed by atoms with E-state index in [4.69, 9.17) is 4.74 Å². The topological polar surface area (TPSA) is 117 Å². The highest BCUT2D eigenvalue weighted by atomic mass is 19.1. The number of aromatic carboxylic acids is 1. The number of hydrogen-bond acceptors (Lipinski definition) is 7. The number of halogens is 1. The number of imide groups is 1. The van der Waals surface area contributed by atoms with Crippen LogP contribution in [0.3, 0.4) is 0 Å². The molecule has 2 aliphatic rings. The number of carboxylic acid groups (broad SMARTS) is 1. The monoisotopic (exact) mass is 557 g/mol. The van der Waals surface area contributed by atoms with E-state index >= 15 is 0 Å². The number of nitrogens with zero attached hydrogens (tertiary/aromatic N) is 5. The van der Waals surface area contributed by atoms with E-state index in [1.54, 1.807) is 42.6 Å². The lowest BCUT2D eigenvalue weighted by atomic mass is 10.0. The van der Waals surface area contributed by atoms with E-state index in [1.165, 1.54) is 21.5 Å². The number of anilines is 1. The fraction of sp³-hybridized carbons (Fsp3) is 0.300. The van der Waals surface area contributed by atoms with Crippen LogP contribution >= 0.6 is 0 Å². The summed E-state index contributed by atoms with van der Waals surface area (Å²) in [6, 6.07) is 12.7. The van der Waals surface area contributed by atoms with Gasteiger partial charge in [-0.05, 0) is 62.1 Å². The fourth-order valence-corrected chi connectivity index (χ4v) is 5.71. The van der Waals surface area contributed by atoms with E-state index in [0.717, 1.165) is 12.8 Å². The molecule has 0 spiro atoms. The molecule has 1 atom stereocenters. The molecule has 0 bridgehead atoms. The van der Waals surface area contributed by atoms with Crippen LogP contribution in [0.15, 0.2) is 54.7 Å². The van der Waals surface area contributed by atoms with Gasteiger partial charge in [0.15, 0.2) is 5.65 Å². The Bertz CT molecular complexity index is 1650. The Morgan fingerprint density at radius 1 is 1.12 bits per heavy atom. The van der Waals surface area contributed by atoms with Crippen molar-refractivity contribution in [3.8, 4) is 5.75 Å². The maximum atomic E-state index is 14.5. The summed E-state index contributed by atoms with van der Waals surface area (Å²) in [7, 11) is 0. The molecule has 4 heterocycles. The number of aromatic nitrogens is 3. The molecule has 41 heavy (non-hydrogen) atoms. The van der Waals surface area contributed by atoms with Crippen LogP contribution in [-0.2, 0) is 6.42 Å². The van der Waals surface area contributed by atoms with Gasteiger partial charge in [0.2, 0.25) is 0 Å². The zero-order valence-corrected chi connectivity index (χ0v) is 22.4. The van der Waals surface area contributed by atoms with Crippen molar-refractivity contribution in [2.45, 2.75) is 38.6 Å². The molecule has 4 aromatic rings. The number of ether oxygens (including phenoxy) is 1. The third-order valence-electron chi connectivity index (χ3n) is 7.63. The zero-order valence-electron chi connectivity index (χ0n) is 22.4. The smallest absolute Gasteiger partial charge is 0.341 e. The predicted molar refractivity (Wildman–Crippen MR) is 147 cm³/mol. The summed E-state index contributed by atoms with van der Waals surface area (Å²) in [6.07, 6.45) is 4.13. The summed E-state index contributed by atoms with van der Waals surface area (Å²) in [6.45, 7) is 2.93. The maximum Gasteiger partial charge on any atom is 0.341 e. The van der Waals surface area contributed by atoms with Gasteiger partial charge < -0.3 is 14.7 Å². The normalized spacial score (nSPS) is 16.6. The van der Waals surface area contributed by atoms with Crippen molar-refractivity contribution in [1.29, 1.82) is 0 Å². The van der Waals surface area contributed by atoms with E-state index < -0.39 is 11.8 Å². The molecule has 210 valence electrons. The second kappa shape index (κ2) is 10.6. The molecule has 10 nitrogen and oxygen atoms in total. The van der Waals surface area contributed by atoms with Gasteiger partial charge in [0.1, 0.15) is 22.9 Å². The summed E-state index contributed by atoms with van der Waals surface area (Å²) in [5.41, 5.74) is 2.28. The standard InChI is InChI=1S/C30H28FN5O5/c1-2-22-26(30(39)40)27-32-25(12-15-36(27)33-22)34-13-5-9-23(34)21-17-18(31)10-11-24(21)41-16-6-14-35-28(37)19-7-3-4-8-20(19)29(35)38/h3-4,7-8,10-12,15,17,23H,2,5-6,9,13-14,16H2,1H3,(H,39,40)/t23-/m1/s1. The van der Waals surface area contributed by atoms with Gasteiger partial charge in [-0.1, -0.05) is 19.1 Å². The Kier molecular flexibility index (Phi) is 6.86. The first-order valence-corrected chi connectivity index (χ1v) is 13.6. The van der Waals surface area contributed by atoms with Crippen LogP contribution in [0.25, 0.3) is 5.65 Å². The molecule has 6 rings (SSSR count). The van der Waals surface area contributed by atoms with Crippen LogP contribution in [-0.4, -0.2) is 62.1 Å². The second-order valence-corrected chi connectivity index (χ2v) is 10.1. The number of carboxylic acids is 1. The number of carbonyl (C=O) groups excluding carboxylic acids is 2. The van der Waals surface area contributed by atoms with Gasteiger partial charge >= 0.3 is 5.97 Å². The highest BCUT2D eigenvalue weighted by molar-refractivity contribution is 6.21. The molecule has 2 amide bonds. The van der Waals surface area contributed by atoms with Crippen LogP contribution in [0.2, 0.25) is 0 Å². The molecule has 0 aliphatic carbocycles. The predicted octanol–water partition coefficient (Wildman–Crippen LogP) is 4.54. The Hall–Kier alpha value is -4.80. The highest BCUT2D eigenvalue weighted by Crippen LogP contribution is 2.40. The van der Waals surface area contributed by atoms with Crippen LogP contribution in [0.1, 0.15) is 74.6 Å². The summed E-state index contributed by atoms with van der Waals surface area (Å²) in [5, 5.41) is 14.1. The summed E-state index contributed by atoms with van der Waals surface area (Å²) in [4.78, 5) is 45.2. The van der Waals surface area contributed by atoms with Crippen molar-refractivity contribution >= 4 is 29.2 Å². The van der Waals surface area contributed by atoms with Gasteiger partial charge in [-0.2, -0.15) is 5.10 Å². The van der Waals surface area contributed by atoms with E-state index in [1.807, 2.05) is 11.8 Å². The minimum atomic E-state index is -1.08. The lowest BCUT2D eigenvalue weighted by Gasteiger charge is -2.27. The van der Waals surface area contributed by atoms with Crippen molar-refractivity contribution < 1.29 is 28.6 Å². The van der Waals surface area contributed by atoms with Gasteiger partial charge in [-0.25, -0.2) is 18.7 Å². The molecule has 2 aromatic carbocycles. The van der Waals surface area contributed by atoms with Gasteiger partial charge in [-0.15, -0.1) is 0 Å². The molecule has 1 N–H and O–H groups in total. The summed E-state index contributed by atoms with van der Waals surface area (Å²) >= 11 is 0. The van der Waals surface area contributed by atoms with Gasteiger partial charge in [0, 0.05) is 24.8 Å². The molecule has 11 heteroatoms. The van der Waals surface area contributed by atoms with Crippen LogP contribution in [0, 0.1) is 5.82 Å². The number of hydrogen-bond donors (Lipinski definition) is 1. The molecule has 2 aromatic heterocycles.